The standard InChI is InChI=1S/C14H18N4O2/c1-9-6-14(18(19)20)10(2)5-13(9)15-7-12-8-16-17(4)11(12)3/h5-6,8,15H,7H2,1-4H3. The van der Waals surface area contributed by atoms with Crippen molar-refractivity contribution >= 4 is 11.4 Å². The molecule has 1 heterocycles. The van der Waals surface area contributed by atoms with Gasteiger partial charge in [-0.25, -0.2) is 0 Å². The second kappa shape index (κ2) is 5.32. The van der Waals surface area contributed by atoms with Crippen molar-refractivity contribution in [2.24, 2.45) is 7.05 Å². The van der Waals surface area contributed by atoms with Crippen LogP contribution in [0.2, 0.25) is 0 Å². The minimum absolute atomic E-state index is 0.158. The Bertz CT molecular complexity index is 661. The van der Waals surface area contributed by atoms with Crippen molar-refractivity contribution < 1.29 is 4.92 Å². The average Bonchev–Trinajstić information content (AvgIpc) is 2.70. The molecule has 0 saturated carbocycles. The van der Waals surface area contributed by atoms with Gasteiger partial charge in [0.05, 0.1) is 11.1 Å². The van der Waals surface area contributed by atoms with Crippen molar-refractivity contribution in [1.29, 1.82) is 0 Å². The molecule has 0 aliphatic carbocycles. The molecule has 2 rings (SSSR count). The number of anilines is 1. The number of nitrogens with zero attached hydrogens (tertiary/aromatic N) is 3. The third-order valence-corrected chi connectivity index (χ3v) is 3.55. The van der Waals surface area contributed by atoms with E-state index in [1.807, 2.05) is 37.8 Å². The molecule has 0 atom stereocenters. The molecule has 0 aliphatic rings. The highest BCUT2D eigenvalue weighted by Gasteiger charge is 2.13. The van der Waals surface area contributed by atoms with Crippen LogP contribution in [0.1, 0.15) is 22.4 Å². The fourth-order valence-electron chi connectivity index (χ4n) is 2.10. The van der Waals surface area contributed by atoms with E-state index in [-0.39, 0.29) is 10.6 Å². The van der Waals surface area contributed by atoms with E-state index < -0.39 is 0 Å². The lowest BCUT2D eigenvalue weighted by molar-refractivity contribution is -0.385. The number of hydrogen-bond acceptors (Lipinski definition) is 4. The van der Waals surface area contributed by atoms with Crippen molar-refractivity contribution in [3.05, 3.63) is 50.8 Å². The van der Waals surface area contributed by atoms with E-state index in [1.165, 1.54) is 0 Å². The Morgan fingerprint density at radius 3 is 2.55 bits per heavy atom. The Kier molecular flexibility index (Phi) is 3.74. The molecule has 6 nitrogen and oxygen atoms in total. The first-order valence-electron chi connectivity index (χ1n) is 6.37. The van der Waals surface area contributed by atoms with Gasteiger partial charge in [-0.1, -0.05) is 0 Å². The largest absolute Gasteiger partial charge is 0.381 e. The molecule has 0 fully saturated rings. The first kappa shape index (κ1) is 14.0. The van der Waals surface area contributed by atoms with E-state index in [2.05, 4.69) is 10.4 Å². The fraction of sp³-hybridized carbons (Fsp3) is 0.357. The predicted molar refractivity (Wildman–Crippen MR) is 77.8 cm³/mol. The average molecular weight is 274 g/mol. The Hall–Kier alpha value is -2.37. The molecular weight excluding hydrogens is 256 g/mol. The van der Waals surface area contributed by atoms with Gasteiger partial charge in [-0.3, -0.25) is 14.8 Å². The monoisotopic (exact) mass is 274 g/mol. The summed E-state index contributed by atoms with van der Waals surface area (Å²) in [4.78, 5) is 10.5. The van der Waals surface area contributed by atoms with Crippen molar-refractivity contribution in [3.8, 4) is 0 Å². The van der Waals surface area contributed by atoms with Crippen LogP contribution in [0.3, 0.4) is 0 Å². The molecule has 0 bridgehead atoms. The minimum atomic E-state index is -0.350. The third-order valence-electron chi connectivity index (χ3n) is 3.55. The summed E-state index contributed by atoms with van der Waals surface area (Å²) < 4.78 is 1.82. The highest BCUT2D eigenvalue weighted by atomic mass is 16.6. The summed E-state index contributed by atoms with van der Waals surface area (Å²) in [6, 6.07) is 3.42. The normalized spacial score (nSPS) is 10.6. The summed E-state index contributed by atoms with van der Waals surface area (Å²) >= 11 is 0. The van der Waals surface area contributed by atoms with Crippen LogP contribution < -0.4 is 5.32 Å². The molecule has 0 spiro atoms. The van der Waals surface area contributed by atoms with Crippen LogP contribution in [-0.4, -0.2) is 14.7 Å². The SMILES string of the molecule is Cc1cc([N+](=O)[O-])c(C)cc1NCc1cnn(C)c1C. The summed E-state index contributed by atoms with van der Waals surface area (Å²) in [6.07, 6.45) is 1.83. The minimum Gasteiger partial charge on any atom is -0.381 e. The molecule has 0 unspecified atom stereocenters. The number of aryl methyl sites for hydroxylation is 3. The van der Waals surface area contributed by atoms with Gasteiger partial charge in [0, 0.05) is 42.2 Å². The quantitative estimate of drug-likeness (QED) is 0.687. The smallest absolute Gasteiger partial charge is 0.272 e. The number of nitro groups is 1. The van der Waals surface area contributed by atoms with Gasteiger partial charge in [0.25, 0.3) is 5.69 Å². The summed E-state index contributed by atoms with van der Waals surface area (Å²) in [5.74, 6) is 0. The molecule has 0 saturated heterocycles. The molecule has 2 aromatic rings. The number of rotatable bonds is 4. The van der Waals surface area contributed by atoms with E-state index >= 15 is 0 Å². The molecule has 1 N–H and O–H groups in total. The maximum absolute atomic E-state index is 10.9. The number of aromatic nitrogens is 2. The number of nitrogens with one attached hydrogen (secondary N) is 1. The fourth-order valence-corrected chi connectivity index (χ4v) is 2.10. The van der Waals surface area contributed by atoms with Crippen molar-refractivity contribution in [1.82, 2.24) is 9.78 Å². The molecular formula is C14H18N4O2. The Morgan fingerprint density at radius 1 is 1.30 bits per heavy atom. The number of nitro benzene ring substituents is 1. The van der Waals surface area contributed by atoms with E-state index in [1.54, 1.807) is 13.0 Å². The second-order valence-electron chi connectivity index (χ2n) is 4.94. The maximum Gasteiger partial charge on any atom is 0.272 e. The van der Waals surface area contributed by atoms with Crippen LogP contribution in [-0.2, 0) is 13.6 Å². The number of hydrogen-bond donors (Lipinski definition) is 1. The third kappa shape index (κ3) is 2.64. The van der Waals surface area contributed by atoms with Gasteiger partial charge in [0.15, 0.2) is 0 Å². The Morgan fingerprint density at radius 2 is 2.00 bits per heavy atom. The molecule has 0 amide bonds. The van der Waals surface area contributed by atoms with E-state index in [0.29, 0.717) is 12.1 Å². The Labute approximate surface area is 117 Å². The van der Waals surface area contributed by atoms with Crippen molar-refractivity contribution in [2.75, 3.05) is 5.32 Å². The first-order chi connectivity index (χ1) is 9.40. The molecule has 1 aromatic carbocycles. The zero-order valence-electron chi connectivity index (χ0n) is 12.1. The summed E-state index contributed by atoms with van der Waals surface area (Å²) in [5, 5.41) is 18.4. The summed E-state index contributed by atoms with van der Waals surface area (Å²) in [6.45, 7) is 6.28. The molecule has 1 aromatic heterocycles. The summed E-state index contributed by atoms with van der Waals surface area (Å²) in [5.41, 5.74) is 4.81. The highest BCUT2D eigenvalue weighted by Crippen LogP contribution is 2.26. The van der Waals surface area contributed by atoms with Gasteiger partial charge in [-0.15, -0.1) is 0 Å². The molecule has 6 heteroatoms. The lowest BCUT2D eigenvalue weighted by Crippen LogP contribution is -2.04. The Balaban J connectivity index is 2.20. The highest BCUT2D eigenvalue weighted by molar-refractivity contribution is 5.59. The summed E-state index contributed by atoms with van der Waals surface area (Å²) in [7, 11) is 1.90. The van der Waals surface area contributed by atoms with E-state index in [0.717, 1.165) is 22.5 Å². The van der Waals surface area contributed by atoms with Gasteiger partial charge < -0.3 is 5.32 Å². The number of benzene rings is 1. The maximum atomic E-state index is 10.9. The first-order valence-corrected chi connectivity index (χ1v) is 6.37. The predicted octanol–water partition coefficient (Wildman–Crippen LogP) is 2.87. The van der Waals surface area contributed by atoms with Gasteiger partial charge >= 0.3 is 0 Å². The lowest BCUT2D eigenvalue weighted by Gasteiger charge is -2.10. The van der Waals surface area contributed by atoms with Crippen LogP contribution in [0.4, 0.5) is 11.4 Å². The van der Waals surface area contributed by atoms with Gasteiger partial charge in [0.2, 0.25) is 0 Å². The van der Waals surface area contributed by atoms with Crippen LogP contribution in [0.5, 0.6) is 0 Å². The van der Waals surface area contributed by atoms with E-state index in [4.69, 9.17) is 0 Å². The zero-order valence-corrected chi connectivity index (χ0v) is 12.1. The molecule has 0 aliphatic heterocycles. The van der Waals surface area contributed by atoms with E-state index in [9.17, 15) is 10.1 Å². The zero-order chi connectivity index (χ0) is 14.9. The van der Waals surface area contributed by atoms with Gasteiger partial charge in [0.1, 0.15) is 0 Å². The van der Waals surface area contributed by atoms with Crippen LogP contribution in [0, 0.1) is 30.9 Å². The van der Waals surface area contributed by atoms with Gasteiger partial charge in [-0.2, -0.15) is 5.10 Å². The molecule has 0 radical (unpaired) electrons. The second-order valence-corrected chi connectivity index (χ2v) is 4.94. The van der Waals surface area contributed by atoms with Gasteiger partial charge in [-0.05, 0) is 32.4 Å². The van der Waals surface area contributed by atoms with Crippen molar-refractivity contribution in [2.45, 2.75) is 27.3 Å². The van der Waals surface area contributed by atoms with Crippen LogP contribution >= 0.6 is 0 Å². The lowest BCUT2D eigenvalue weighted by atomic mass is 10.1. The van der Waals surface area contributed by atoms with Crippen LogP contribution in [0.25, 0.3) is 0 Å². The van der Waals surface area contributed by atoms with Crippen LogP contribution in [0.15, 0.2) is 18.3 Å². The van der Waals surface area contributed by atoms with Crippen molar-refractivity contribution in [3.63, 3.8) is 0 Å². The topological polar surface area (TPSA) is 73.0 Å². The molecule has 20 heavy (non-hydrogen) atoms. The molecule has 106 valence electrons.